The Kier molecular flexibility index (Phi) is 6.85. The van der Waals surface area contributed by atoms with Crippen molar-refractivity contribution in [2.45, 2.75) is 26.3 Å². The predicted molar refractivity (Wildman–Crippen MR) is 141 cm³/mol. The van der Waals surface area contributed by atoms with E-state index < -0.39 is 0 Å². The Hall–Kier alpha value is -4.65. The van der Waals surface area contributed by atoms with Gasteiger partial charge >= 0.3 is 0 Å². The molecule has 0 unspecified atom stereocenters. The monoisotopic (exact) mass is 493 g/mol. The van der Waals surface area contributed by atoms with Crippen molar-refractivity contribution in [1.29, 1.82) is 0 Å². The number of ketones is 1. The minimum atomic E-state index is -0.0704. The van der Waals surface area contributed by atoms with Crippen LogP contribution in [0.4, 0.5) is 0 Å². The Balaban J connectivity index is 1.49. The van der Waals surface area contributed by atoms with Gasteiger partial charge in [0.15, 0.2) is 5.78 Å². The van der Waals surface area contributed by atoms with Gasteiger partial charge in [-0.15, -0.1) is 0 Å². The number of nitrogens with zero attached hydrogens (tertiary/aromatic N) is 2. The molecule has 37 heavy (non-hydrogen) atoms. The summed E-state index contributed by atoms with van der Waals surface area (Å²) in [5.74, 6) is 1.41. The fourth-order valence-electron chi connectivity index (χ4n) is 4.32. The van der Waals surface area contributed by atoms with Crippen LogP contribution in [0.25, 0.3) is 28.0 Å². The molecule has 5 rings (SSSR count). The molecule has 0 aliphatic carbocycles. The second-order valence-electron chi connectivity index (χ2n) is 8.77. The number of benzene rings is 2. The number of amides is 1. The zero-order valence-corrected chi connectivity index (χ0v) is 20.7. The number of hydrogen-bond donors (Lipinski definition) is 1. The van der Waals surface area contributed by atoms with Crippen LogP contribution in [0.15, 0.2) is 89.7 Å². The van der Waals surface area contributed by atoms with Gasteiger partial charge in [-0.1, -0.05) is 36.4 Å². The molecule has 5 aromatic rings. The minimum absolute atomic E-state index is 0.0344. The van der Waals surface area contributed by atoms with E-state index in [1.165, 1.54) is 0 Å². The van der Waals surface area contributed by atoms with Crippen molar-refractivity contribution in [3.63, 3.8) is 0 Å². The number of pyridine rings is 1. The van der Waals surface area contributed by atoms with Crippen LogP contribution in [0.5, 0.6) is 5.75 Å². The summed E-state index contributed by atoms with van der Waals surface area (Å²) in [5, 5.41) is 2.91. The van der Waals surface area contributed by atoms with Gasteiger partial charge in [0.25, 0.3) is 0 Å². The van der Waals surface area contributed by atoms with Gasteiger partial charge in [-0.3, -0.25) is 9.59 Å². The number of fused-ring (bicyclic) bond motifs is 1. The van der Waals surface area contributed by atoms with Gasteiger partial charge in [0.05, 0.1) is 31.3 Å². The molecule has 0 saturated heterocycles. The quantitative estimate of drug-likeness (QED) is 0.265. The highest BCUT2D eigenvalue weighted by Gasteiger charge is 2.17. The van der Waals surface area contributed by atoms with E-state index in [0.717, 1.165) is 39.5 Å². The van der Waals surface area contributed by atoms with Gasteiger partial charge in [-0.05, 0) is 60.9 Å². The number of carbonyl (C=O) groups is 2. The summed E-state index contributed by atoms with van der Waals surface area (Å²) in [7, 11) is 1.64. The zero-order chi connectivity index (χ0) is 25.8. The standard InChI is InChI=1S/C30H27N3O4/c1-20(34)21-8-10-22(11-9-21)24-12-14-28-32-30(23-5-3-6-25(17-23)36-2)27(33(28)19-24)13-15-29(35)31-18-26-7-4-16-37-26/h3-12,14,16-17,19H,13,15,18H2,1-2H3,(H,31,35). The molecule has 3 aromatic heterocycles. The van der Waals surface area contributed by atoms with Crippen molar-refractivity contribution in [2.24, 2.45) is 0 Å². The van der Waals surface area contributed by atoms with E-state index in [4.69, 9.17) is 14.1 Å². The molecule has 0 bridgehead atoms. The lowest BCUT2D eigenvalue weighted by Crippen LogP contribution is -2.23. The van der Waals surface area contributed by atoms with Gasteiger partial charge in [-0.2, -0.15) is 0 Å². The van der Waals surface area contributed by atoms with Crippen molar-refractivity contribution in [1.82, 2.24) is 14.7 Å². The van der Waals surface area contributed by atoms with Crippen LogP contribution in [0.2, 0.25) is 0 Å². The number of Topliss-reactive ketones (excluding diaryl/α,β-unsaturated/α-hetero) is 1. The zero-order valence-electron chi connectivity index (χ0n) is 20.7. The van der Waals surface area contributed by atoms with Gasteiger partial charge in [-0.25, -0.2) is 4.98 Å². The summed E-state index contributed by atoms with van der Waals surface area (Å²) in [6.45, 7) is 1.91. The van der Waals surface area contributed by atoms with Crippen molar-refractivity contribution in [3.05, 3.63) is 102 Å². The highest BCUT2D eigenvalue weighted by Crippen LogP contribution is 2.30. The van der Waals surface area contributed by atoms with Gasteiger partial charge in [0.2, 0.25) is 5.91 Å². The van der Waals surface area contributed by atoms with E-state index in [2.05, 4.69) is 5.32 Å². The molecule has 0 aliphatic heterocycles. The molecule has 0 spiro atoms. The van der Waals surface area contributed by atoms with Crippen molar-refractivity contribution in [2.75, 3.05) is 7.11 Å². The fourth-order valence-corrected chi connectivity index (χ4v) is 4.32. The molecule has 186 valence electrons. The number of aromatic nitrogens is 2. The number of ether oxygens (including phenoxy) is 1. The van der Waals surface area contributed by atoms with Crippen LogP contribution in [0.3, 0.4) is 0 Å². The molecule has 2 aromatic carbocycles. The number of nitrogens with one attached hydrogen (secondary N) is 1. The van der Waals surface area contributed by atoms with Crippen LogP contribution in [0, 0.1) is 0 Å². The summed E-state index contributed by atoms with van der Waals surface area (Å²) in [4.78, 5) is 29.3. The summed E-state index contributed by atoms with van der Waals surface area (Å²) < 4.78 is 12.8. The summed E-state index contributed by atoms with van der Waals surface area (Å²) in [6.07, 6.45) is 4.41. The fraction of sp³-hybridized carbons (Fsp3) is 0.167. The number of methoxy groups -OCH3 is 1. The maximum absolute atomic E-state index is 12.7. The number of rotatable bonds is 9. The first-order chi connectivity index (χ1) is 18.0. The Morgan fingerprint density at radius 3 is 2.51 bits per heavy atom. The van der Waals surface area contributed by atoms with E-state index in [9.17, 15) is 9.59 Å². The van der Waals surface area contributed by atoms with Crippen LogP contribution in [0.1, 0.15) is 35.2 Å². The molecule has 7 heteroatoms. The predicted octanol–water partition coefficient (Wildman–Crippen LogP) is 5.72. The number of furan rings is 1. The highest BCUT2D eigenvalue weighted by molar-refractivity contribution is 5.94. The van der Waals surface area contributed by atoms with Gasteiger partial charge in [0, 0.05) is 23.7 Å². The van der Waals surface area contributed by atoms with Crippen molar-refractivity contribution < 1.29 is 18.7 Å². The molecule has 1 amide bonds. The maximum atomic E-state index is 12.7. The van der Waals surface area contributed by atoms with E-state index in [1.807, 2.05) is 77.3 Å². The maximum Gasteiger partial charge on any atom is 0.220 e. The lowest BCUT2D eigenvalue weighted by Gasteiger charge is -2.09. The number of aryl methyl sites for hydroxylation is 1. The van der Waals surface area contributed by atoms with E-state index in [1.54, 1.807) is 26.4 Å². The van der Waals surface area contributed by atoms with E-state index in [-0.39, 0.29) is 11.7 Å². The smallest absolute Gasteiger partial charge is 0.220 e. The average molecular weight is 494 g/mol. The first kappa shape index (κ1) is 24.1. The second-order valence-corrected chi connectivity index (χ2v) is 8.77. The topological polar surface area (TPSA) is 85.8 Å². The molecule has 1 N–H and O–H groups in total. The lowest BCUT2D eigenvalue weighted by atomic mass is 10.0. The van der Waals surface area contributed by atoms with Crippen LogP contribution < -0.4 is 10.1 Å². The Morgan fingerprint density at radius 1 is 0.973 bits per heavy atom. The molecular formula is C30H27N3O4. The van der Waals surface area contributed by atoms with E-state index in [0.29, 0.717) is 30.7 Å². The van der Waals surface area contributed by atoms with Crippen LogP contribution in [-0.2, 0) is 17.8 Å². The Labute approximate surface area is 214 Å². The largest absolute Gasteiger partial charge is 0.497 e. The molecule has 0 aliphatic rings. The third kappa shape index (κ3) is 5.30. The molecule has 0 atom stereocenters. The first-order valence-corrected chi connectivity index (χ1v) is 12.1. The molecule has 3 heterocycles. The Bertz CT molecular complexity index is 1550. The second kappa shape index (κ2) is 10.5. The van der Waals surface area contributed by atoms with E-state index >= 15 is 0 Å². The normalized spacial score (nSPS) is 11.0. The lowest BCUT2D eigenvalue weighted by molar-refractivity contribution is -0.121. The number of hydrogen-bond acceptors (Lipinski definition) is 5. The van der Waals surface area contributed by atoms with Crippen LogP contribution in [-0.4, -0.2) is 28.2 Å². The van der Waals surface area contributed by atoms with Crippen LogP contribution >= 0.6 is 0 Å². The minimum Gasteiger partial charge on any atom is -0.497 e. The number of carbonyl (C=O) groups excluding carboxylic acids is 2. The van der Waals surface area contributed by atoms with Crippen molar-refractivity contribution in [3.8, 4) is 28.1 Å². The highest BCUT2D eigenvalue weighted by atomic mass is 16.5. The summed E-state index contributed by atoms with van der Waals surface area (Å²) in [6, 6.07) is 22.9. The summed E-state index contributed by atoms with van der Waals surface area (Å²) in [5.41, 5.74) is 6.09. The molecule has 0 saturated carbocycles. The van der Waals surface area contributed by atoms with Gasteiger partial charge < -0.3 is 18.9 Å². The molecule has 7 nitrogen and oxygen atoms in total. The average Bonchev–Trinajstić information content (AvgIpc) is 3.58. The molecular weight excluding hydrogens is 466 g/mol. The Morgan fingerprint density at radius 2 is 1.78 bits per heavy atom. The molecule has 0 radical (unpaired) electrons. The van der Waals surface area contributed by atoms with Gasteiger partial charge in [0.1, 0.15) is 17.2 Å². The summed E-state index contributed by atoms with van der Waals surface area (Å²) >= 11 is 0. The third-order valence-electron chi connectivity index (χ3n) is 6.31. The SMILES string of the molecule is COc1cccc(-c2nc3ccc(-c4ccc(C(C)=O)cc4)cn3c2CCC(=O)NCc2ccco2)c1. The first-order valence-electron chi connectivity index (χ1n) is 12.1. The van der Waals surface area contributed by atoms with Crippen molar-refractivity contribution >= 4 is 17.3 Å². The number of imidazole rings is 1. The third-order valence-corrected chi connectivity index (χ3v) is 6.31. The molecule has 0 fully saturated rings.